The van der Waals surface area contributed by atoms with Crippen molar-refractivity contribution in [1.29, 1.82) is 0 Å². The second-order valence-corrected chi connectivity index (χ2v) is 9.08. The summed E-state index contributed by atoms with van der Waals surface area (Å²) < 4.78 is 0. The molecule has 176 valence electrons. The first-order valence-electron chi connectivity index (χ1n) is 12.7. The minimum atomic E-state index is 0.239. The number of nitrogens with one attached hydrogen (secondary N) is 1. The Bertz CT molecular complexity index is 785. The number of carbonyl (C=O) groups excluding carboxylic acids is 1. The Morgan fingerprint density at radius 2 is 1.81 bits per heavy atom. The zero-order chi connectivity index (χ0) is 23.3. The van der Waals surface area contributed by atoms with Gasteiger partial charge in [-0.15, -0.1) is 0 Å². The summed E-state index contributed by atoms with van der Waals surface area (Å²) >= 11 is 0. The van der Waals surface area contributed by atoms with Gasteiger partial charge >= 0.3 is 0 Å². The smallest absolute Gasteiger partial charge is 0.162 e. The van der Waals surface area contributed by atoms with Gasteiger partial charge in [0.1, 0.15) is 0 Å². The topological polar surface area (TPSA) is 32.3 Å². The molecule has 0 radical (unpaired) electrons. The Morgan fingerprint density at radius 3 is 2.41 bits per heavy atom. The normalized spacial score (nSPS) is 16.8. The first-order valence-corrected chi connectivity index (χ1v) is 12.7. The van der Waals surface area contributed by atoms with E-state index in [0.717, 1.165) is 37.1 Å². The summed E-state index contributed by atoms with van der Waals surface area (Å²) in [5.41, 5.74) is 4.58. The predicted octanol–water partition coefficient (Wildman–Crippen LogP) is 7.31. The molecular weight excluding hydrogens is 392 g/mol. The molecule has 0 spiro atoms. The number of rotatable bonds is 13. The van der Waals surface area contributed by atoms with Crippen molar-refractivity contribution in [2.45, 2.75) is 105 Å². The van der Waals surface area contributed by atoms with Crippen molar-refractivity contribution in [3.05, 3.63) is 71.1 Å². The summed E-state index contributed by atoms with van der Waals surface area (Å²) in [5, 5.41) is 3.74. The van der Waals surface area contributed by atoms with Gasteiger partial charge in [-0.05, 0) is 63.7 Å². The standard InChI is InChI=1S/C29H44N2O/c1-6-14-26(29(32)15-7-2)20-21-28(30-23(4)8-3)24(5)31(27-18-12-13-19-27)22-25-16-10-9-11-17-25/h9-11,14,16-17,20-21,23,27,30H,6-8,12-13,15,18-19,22H2,1-5H3/b21-20-,26-14-,28-24-. The average molecular weight is 437 g/mol. The molecule has 1 aliphatic carbocycles. The lowest BCUT2D eigenvalue weighted by atomic mass is 10.0. The van der Waals surface area contributed by atoms with Gasteiger partial charge < -0.3 is 10.2 Å². The largest absolute Gasteiger partial charge is 0.381 e. The van der Waals surface area contributed by atoms with E-state index in [0.29, 0.717) is 18.5 Å². The van der Waals surface area contributed by atoms with E-state index in [1.54, 1.807) is 0 Å². The lowest BCUT2D eigenvalue weighted by molar-refractivity contribution is -0.115. The van der Waals surface area contributed by atoms with Crippen molar-refractivity contribution >= 4 is 5.78 Å². The van der Waals surface area contributed by atoms with E-state index >= 15 is 0 Å². The molecule has 1 aromatic carbocycles. The third-order valence-electron chi connectivity index (χ3n) is 6.45. The van der Waals surface area contributed by atoms with Crippen LogP contribution in [0.15, 0.2) is 65.5 Å². The lowest BCUT2D eigenvalue weighted by Gasteiger charge is -2.34. The lowest BCUT2D eigenvalue weighted by Crippen LogP contribution is -2.35. The minimum Gasteiger partial charge on any atom is -0.381 e. The van der Waals surface area contributed by atoms with Gasteiger partial charge in [-0.1, -0.05) is 70.0 Å². The molecule has 0 heterocycles. The van der Waals surface area contributed by atoms with Crippen molar-refractivity contribution in [2.75, 3.05) is 0 Å². The number of carbonyl (C=O) groups is 1. The molecule has 1 aliphatic rings. The summed E-state index contributed by atoms with van der Waals surface area (Å²) in [6, 6.07) is 11.7. The van der Waals surface area contributed by atoms with Gasteiger partial charge in [-0.25, -0.2) is 0 Å². The van der Waals surface area contributed by atoms with E-state index in [1.807, 2.05) is 6.08 Å². The molecule has 1 saturated carbocycles. The van der Waals surface area contributed by atoms with E-state index in [-0.39, 0.29) is 5.78 Å². The number of allylic oxidation sites excluding steroid dienone is 5. The van der Waals surface area contributed by atoms with Crippen LogP contribution in [0.5, 0.6) is 0 Å². The SMILES string of the molecule is CC/C=C(/C=C\C(NC(C)CC)=C(/C)N(Cc1ccccc1)C1CCCC1)C(=O)CCC. The van der Waals surface area contributed by atoms with E-state index in [9.17, 15) is 4.79 Å². The van der Waals surface area contributed by atoms with Gasteiger partial charge in [0.25, 0.3) is 0 Å². The highest BCUT2D eigenvalue weighted by Gasteiger charge is 2.24. The van der Waals surface area contributed by atoms with E-state index in [1.165, 1.54) is 36.9 Å². The molecule has 0 aliphatic heterocycles. The monoisotopic (exact) mass is 436 g/mol. The highest BCUT2D eigenvalue weighted by molar-refractivity contribution is 5.97. The highest BCUT2D eigenvalue weighted by Crippen LogP contribution is 2.29. The quantitative estimate of drug-likeness (QED) is 0.260. The Hall–Kier alpha value is -2.29. The number of ketones is 1. The maximum absolute atomic E-state index is 12.6. The molecule has 1 unspecified atom stereocenters. The van der Waals surface area contributed by atoms with Crippen LogP contribution in [-0.4, -0.2) is 22.8 Å². The molecule has 1 fully saturated rings. The molecule has 2 rings (SSSR count). The van der Waals surface area contributed by atoms with E-state index < -0.39 is 0 Å². The Labute approximate surface area is 196 Å². The number of Topliss-reactive ketones (excluding diaryl/α,β-unsaturated/α-hetero) is 1. The Kier molecular flexibility index (Phi) is 11.3. The summed E-state index contributed by atoms with van der Waals surface area (Å²) in [5.74, 6) is 0.239. The van der Waals surface area contributed by atoms with Crippen LogP contribution in [0, 0.1) is 0 Å². The second-order valence-electron chi connectivity index (χ2n) is 9.08. The number of benzene rings is 1. The first kappa shape index (κ1) is 26.0. The number of nitrogens with zero attached hydrogens (tertiary/aromatic N) is 1. The molecule has 32 heavy (non-hydrogen) atoms. The summed E-state index contributed by atoms with van der Waals surface area (Å²) in [7, 11) is 0. The van der Waals surface area contributed by atoms with E-state index in [4.69, 9.17) is 0 Å². The highest BCUT2D eigenvalue weighted by atomic mass is 16.1. The molecule has 3 heteroatoms. The maximum Gasteiger partial charge on any atom is 0.162 e. The van der Waals surface area contributed by atoms with Crippen molar-refractivity contribution in [2.24, 2.45) is 0 Å². The van der Waals surface area contributed by atoms with Gasteiger partial charge in [0.05, 0.1) is 5.70 Å². The van der Waals surface area contributed by atoms with Crippen LogP contribution >= 0.6 is 0 Å². The van der Waals surface area contributed by atoms with Crippen LogP contribution in [-0.2, 0) is 11.3 Å². The summed E-state index contributed by atoms with van der Waals surface area (Å²) in [4.78, 5) is 15.2. The van der Waals surface area contributed by atoms with Crippen LogP contribution in [0.3, 0.4) is 0 Å². The molecule has 1 aromatic rings. The first-order chi connectivity index (χ1) is 15.5. The fourth-order valence-corrected chi connectivity index (χ4v) is 4.35. The van der Waals surface area contributed by atoms with Gasteiger partial charge in [0, 0.05) is 36.3 Å². The van der Waals surface area contributed by atoms with Crippen LogP contribution < -0.4 is 5.32 Å². The van der Waals surface area contributed by atoms with Crippen molar-refractivity contribution in [1.82, 2.24) is 10.2 Å². The zero-order valence-electron chi connectivity index (χ0n) is 21.0. The van der Waals surface area contributed by atoms with Crippen LogP contribution in [0.4, 0.5) is 0 Å². The van der Waals surface area contributed by atoms with Crippen LogP contribution in [0.25, 0.3) is 0 Å². The molecule has 1 atom stereocenters. The van der Waals surface area contributed by atoms with Crippen molar-refractivity contribution in [3.63, 3.8) is 0 Å². The van der Waals surface area contributed by atoms with Crippen LogP contribution in [0.1, 0.15) is 91.5 Å². The summed E-state index contributed by atoms with van der Waals surface area (Å²) in [6.07, 6.45) is 14.8. The Morgan fingerprint density at radius 1 is 1.12 bits per heavy atom. The maximum atomic E-state index is 12.6. The third kappa shape index (κ3) is 8.00. The van der Waals surface area contributed by atoms with Crippen LogP contribution in [0.2, 0.25) is 0 Å². The average Bonchev–Trinajstić information content (AvgIpc) is 3.34. The van der Waals surface area contributed by atoms with Crippen molar-refractivity contribution < 1.29 is 4.79 Å². The predicted molar refractivity (Wildman–Crippen MR) is 137 cm³/mol. The second kappa shape index (κ2) is 14.0. The molecular formula is C29H44N2O. The molecule has 3 nitrogen and oxygen atoms in total. The number of hydrogen-bond donors (Lipinski definition) is 1. The van der Waals surface area contributed by atoms with Crippen molar-refractivity contribution in [3.8, 4) is 0 Å². The number of hydrogen-bond acceptors (Lipinski definition) is 3. The molecule has 0 saturated heterocycles. The van der Waals surface area contributed by atoms with Gasteiger partial charge in [-0.3, -0.25) is 4.79 Å². The molecule has 0 bridgehead atoms. The minimum absolute atomic E-state index is 0.239. The molecule has 0 aromatic heterocycles. The molecule has 0 amide bonds. The Balaban J connectivity index is 2.42. The third-order valence-corrected chi connectivity index (χ3v) is 6.45. The van der Waals surface area contributed by atoms with Gasteiger partial charge in [0.15, 0.2) is 5.78 Å². The fourth-order valence-electron chi connectivity index (χ4n) is 4.35. The van der Waals surface area contributed by atoms with Gasteiger partial charge in [-0.2, -0.15) is 0 Å². The summed E-state index contributed by atoms with van der Waals surface area (Å²) in [6.45, 7) is 11.8. The van der Waals surface area contributed by atoms with Gasteiger partial charge in [0.2, 0.25) is 0 Å². The molecule has 1 N–H and O–H groups in total. The fraction of sp³-hybridized carbons (Fsp3) is 0.552. The van der Waals surface area contributed by atoms with E-state index in [2.05, 4.69) is 87.3 Å². The zero-order valence-corrected chi connectivity index (χ0v) is 21.0.